The fraction of sp³-hybridized carbons (Fsp3) is 0.385. The molecule has 1 aromatic carbocycles. The third kappa shape index (κ3) is 2.64. The molecule has 18 heavy (non-hydrogen) atoms. The van der Waals surface area contributed by atoms with E-state index < -0.39 is 11.6 Å². The molecule has 0 bridgehead atoms. The summed E-state index contributed by atoms with van der Waals surface area (Å²) in [7, 11) is 0. The molecule has 1 aliphatic rings. The van der Waals surface area contributed by atoms with Crippen LogP contribution in [0.5, 0.6) is 0 Å². The number of halogens is 1. The van der Waals surface area contributed by atoms with E-state index in [1.165, 1.54) is 6.92 Å². The molecule has 1 atom stereocenters. The first-order chi connectivity index (χ1) is 8.52. The van der Waals surface area contributed by atoms with Crippen molar-refractivity contribution in [2.24, 2.45) is 0 Å². The van der Waals surface area contributed by atoms with E-state index in [1.807, 2.05) is 0 Å². The Morgan fingerprint density at radius 1 is 1.44 bits per heavy atom. The van der Waals surface area contributed by atoms with E-state index in [0.29, 0.717) is 17.9 Å². The Labute approximate surface area is 110 Å². The van der Waals surface area contributed by atoms with Gasteiger partial charge in [-0.15, -0.1) is 0 Å². The number of benzene rings is 1. The van der Waals surface area contributed by atoms with Gasteiger partial charge in [0.05, 0.1) is 0 Å². The number of rotatable bonds is 3. The van der Waals surface area contributed by atoms with E-state index in [-0.39, 0.29) is 12.6 Å². The highest BCUT2D eigenvalue weighted by Gasteiger charge is 2.43. The number of ether oxygens (including phenoxy) is 2. The number of esters is 2. The van der Waals surface area contributed by atoms with E-state index in [4.69, 9.17) is 21.1 Å². The molecule has 0 spiro atoms. The van der Waals surface area contributed by atoms with Crippen molar-refractivity contribution < 1.29 is 19.1 Å². The van der Waals surface area contributed by atoms with Crippen molar-refractivity contribution in [1.82, 2.24) is 0 Å². The lowest BCUT2D eigenvalue weighted by atomic mass is 9.92. The summed E-state index contributed by atoms with van der Waals surface area (Å²) in [6.45, 7) is 1.36. The molecule has 1 aromatic rings. The predicted octanol–water partition coefficient (Wildman–Crippen LogP) is 2.44. The number of cyclic esters (lactones) is 1. The zero-order valence-electron chi connectivity index (χ0n) is 9.94. The molecule has 1 aliphatic heterocycles. The average molecular weight is 269 g/mol. The van der Waals surface area contributed by atoms with Gasteiger partial charge in [0, 0.05) is 24.8 Å². The van der Waals surface area contributed by atoms with Gasteiger partial charge in [-0.25, -0.2) is 0 Å². The average Bonchev–Trinajstić information content (AvgIpc) is 2.71. The van der Waals surface area contributed by atoms with Crippen LogP contribution in [0, 0.1) is 0 Å². The van der Waals surface area contributed by atoms with Crippen molar-refractivity contribution >= 4 is 23.5 Å². The predicted molar refractivity (Wildman–Crippen MR) is 65.1 cm³/mol. The van der Waals surface area contributed by atoms with Crippen molar-refractivity contribution in [3.05, 3.63) is 34.9 Å². The van der Waals surface area contributed by atoms with Crippen LogP contribution < -0.4 is 0 Å². The molecule has 0 aromatic heterocycles. The van der Waals surface area contributed by atoms with Crippen LogP contribution in [0.25, 0.3) is 0 Å². The van der Waals surface area contributed by atoms with Gasteiger partial charge in [-0.1, -0.05) is 23.7 Å². The third-order valence-corrected chi connectivity index (χ3v) is 3.17. The van der Waals surface area contributed by atoms with Crippen LogP contribution in [0.1, 0.15) is 25.3 Å². The normalized spacial score (nSPS) is 22.7. The topological polar surface area (TPSA) is 52.6 Å². The van der Waals surface area contributed by atoms with Crippen molar-refractivity contribution in [1.29, 1.82) is 0 Å². The highest BCUT2D eigenvalue weighted by atomic mass is 35.5. The van der Waals surface area contributed by atoms with Crippen molar-refractivity contribution in [2.45, 2.75) is 25.4 Å². The maximum absolute atomic E-state index is 11.4. The van der Waals surface area contributed by atoms with Crippen LogP contribution in [0.15, 0.2) is 24.3 Å². The number of carbonyl (C=O) groups excluding carboxylic acids is 2. The van der Waals surface area contributed by atoms with Gasteiger partial charge in [0.2, 0.25) is 0 Å². The molecule has 0 N–H and O–H groups in total. The van der Waals surface area contributed by atoms with Gasteiger partial charge in [-0.2, -0.15) is 0 Å². The minimum absolute atomic E-state index is 0.0374. The quantitative estimate of drug-likeness (QED) is 0.790. The maximum Gasteiger partial charge on any atom is 0.306 e. The summed E-state index contributed by atoms with van der Waals surface area (Å²) >= 11 is 5.83. The summed E-state index contributed by atoms with van der Waals surface area (Å²) in [5.74, 6) is -0.677. The molecular weight excluding hydrogens is 256 g/mol. The van der Waals surface area contributed by atoms with Crippen LogP contribution in [0.4, 0.5) is 0 Å². The van der Waals surface area contributed by atoms with E-state index >= 15 is 0 Å². The van der Waals surface area contributed by atoms with E-state index in [2.05, 4.69) is 0 Å². The highest BCUT2D eigenvalue weighted by Crippen LogP contribution is 2.37. The molecule has 1 saturated heterocycles. The Morgan fingerprint density at radius 3 is 2.61 bits per heavy atom. The Bertz CT molecular complexity index is 468. The zero-order chi connectivity index (χ0) is 13.2. The smallest absolute Gasteiger partial charge is 0.306 e. The molecule has 1 heterocycles. The lowest BCUT2D eigenvalue weighted by Crippen LogP contribution is -2.32. The van der Waals surface area contributed by atoms with E-state index in [1.54, 1.807) is 24.3 Å². The Kier molecular flexibility index (Phi) is 3.57. The van der Waals surface area contributed by atoms with Crippen LogP contribution in [-0.2, 0) is 24.7 Å². The summed E-state index contributed by atoms with van der Waals surface area (Å²) in [6.07, 6.45) is 0.824. The maximum atomic E-state index is 11.4. The molecule has 2 rings (SSSR count). The fourth-order valence-electron chi connectivity index (χ4n) is 1.98. The first-order valence-corrected chi connectivity index (χ1v) is 6.01. The first-order valence-electron chi connectivity index (χ1n) is 5.63. The first kappa shape index (κ1) is 12.9. The zero-order valence-corrected chi connectivity index (χ0v) is 10.7. The second kappa shape index (κ2) is 4.98. The van der Waals surface area contributed by atoms with Gasteiger partial charge in [-0.05, 0) is 17.7 Å². The molecule has 1 unspecified atom stereocenters. The monoisotopic (exact) mass is 268 g/mol. The lowest BCUT2D eigenvalue weighted by Gasteiger charge is -2.27. The Balaban J connectivity index is 2.27. The Morgan fingerprint density at radius 2 is 2.11 bits per heavy atom. The molecule has 0 saturated carbocycles. The van der Waals surface area contributed by atoms with E-state index in [0.717, 1.165) is 5.56 Å². The molecule has 0 amide bonds. The Hall–Kier alpha value is -1.55. The van der Waals surface area contributed by atoms with Crippen LogP contribution in [0.2, 0.25) is 5.02 Å². The number of hydrogen-bond donors (Lipinski definition) is 0. The summed E-state index contributed by atoms with van der Waals surface area (Å²) in [5, 5.41) is 0.603. The fourth-order valence-corrected chi connectivity index (χ4v) is 2.11. The third-order valence-electron chi connectivity index (χ3n) is 2.92. The standard InChI is InChI=1S/C13H13ClO4/c1-9(15)17-8-13(7-6-12(16)18-13)10-2-4-11(14)5-3-10/h2-5H,6-8H2,1H3. The van der Waals surface area contributed by atoms with Crippen LogP contribution >= 0.6 is 11.6 Å². The SMILES string of the molecule is CC(=O)OCC1(c2ccc(Cl)cc2)CCC(=O)O1. The van der Waals surface area contributed by atoms with Crippen LogP contribution in [-0.4, -0.2) is 18.5 Å². The summed E-state index contributed by atoms with van der Waals surface area (Å²) in [4.78, 5) is 22.3. The van der Waals surface area contributed by atoms with Crippen molar-refractivity contribution in [3.8, 4) is 0 Å². The van der Waals surface area contributed by atoms with Crippen LogP contribution in [0.3, 0.4) is 0 Å². The van der Waals surface area contributed by atoms with Crippen molar-refractivity contribution in [3.63, 3.8) is 0 Å². The molecule has 0 aliphatic carbocycles. The van der Waals surface area contributed by atoms with Gasteiger partial charge in [0.15, 0.2) is 5.60 Å². The highest BCUT2D eigenvalue weighted by molar-refractivity contribution is 6.30. The van der Waals surface area contributed by atoms with Gasteiger partial charge < -0.3 is 9.47 Å². The number of hydrogen-bond acceptors (Lipinski definition) is 4. The molecule has 4 nitrogen and oxygen atoms in total. The summed E-state index contributed by atoms with van der Waals surface area (Å²) < 4.78 is 10.4. The van der Waals surface area contributed by atoms with E-state index in [9.17, 15) is 9.59 Å². The molecule has 1 fully saturated rings. The molecule has 0 radical (unpaired) electrons. The molecule has 96 valence electrons. The molecular formula is C13H13ClO4. The summed E-state index contributed by atoms with van der Waals surface area (Å²) in [6, 6.07) is 7.01. The lowest BCUT2D eigenvalue weighted by molar-refractivity contribution is -0.162. The van der Waals surface area contributed by atoms with Gasteiger partial charge in [0.1, 0.15) is 6.61 Å². The van der Waals surface area contributed by atoms with Gasteiger partial charge >= 0.3 is 11.9 Å². The second-order valence-corrected chi connectivity index (χ2v) is 4.69. The van der Waals surface area contributed by atoms with Gasteiger partial charge in [0.25, 0.3) is 0 Å². The minimum Gasteiger partial charge on any atom is -0.461 e. The molecule has 5 heteroatoms. The largest absolute Gasteiger partial charge is 0.461 e. The summed E-state index contributed by atoms with van der Waals surface area (Å²) in [5.41, 5.74) is -0.0770. The minimum atomic E-state index is -0.868. The van der Waals surface area contributed by atoms with Crippen molar-refractivity contribution in [2.75, 3.05) is 6.61 Å². The second-order valence-electron chi connectivity index (χ2n) is 4.26. The van der Waals surface area contributed by atoms with Gasteiger partial charge in [-0.3, -0.25) is 9.59 Å². The number of carbonyl (C=O) groups is 2.